The first kappa shape index (κ1) is 17.0. The van der Waals surface area contributed by atoms with Crippen LogP contribution in [0.1, 0.15) is 5.56 Å². The lowest BCUT2D eigenvalue weighted by atomic mass is 10.2. The van der Waals surface area contributed by atoms with Crippen molar-refractivity contribution in [2.45, 2.75) is 45.9 Å². The molecule has 0 heterocycles. The molecule has 118 valence electrons. The van der Waals surface area contributed by atoms with Crippen molar-refractivity contribution in [1.29, 1.82) is 0 Å². The average molecular weight is 329 g/mol. The fourth-order valence-corrected chi connectivity index (χ4v) is 4.76. The number of hydrogen-bond donors (Lipinski definition) is 0. The largest absolute Gasteiger partial charge is 0.489 e. The number of ether oxygens (including phenoxy) is 1. The molecule has 0 saturated carbocycles. The summed E-state index contributed by atoms with van der Waals surface area (Å²) in [5, 5.41) is 2.99. The fraction of sp³-hybridized carbons (Fsp3) is 0.368. The molecule has 0 unspecified atom stereocenters. The monoisotopic (exact) mass is 328 g/mol. The van der Waals surface area contributed by atoms with E-state index in [4.69, 9.17) is 4.74 Å². The first-order valence-electron chi connectivity index (χ1n) is 7.99. The minimum Gasteiger partial charge on any atom is -0.489 e. The van der Waals surface area contributed by atoms with E-state index in [0.29, 0.717) is 6.61 Å². The van der Waals surface area contributed by atoms with Gasteiger partial charge in [0, 0.05) is 0 Å². The Hall–Kier alpha value is -1.33. The van der Waals surface area contributed by atoms with E-state index in [2.05, 4.69) is 81.7 Å². The Balaban J connectivity index is 2.30. The maximum atomic E-state index is 6.11. The molecule has 0 aliphatic heterocycles. The molecule has 0 amide bonds. The summed E-state index contributed by atoms with van der Waals surface area (Å²) in [5.41, 5.74) is 1.22. The molecule has 2 rings (SSSR count). The van der Waals surface area contributed by atoms with Crippen LogP contribution < -0.4 is 15.1 Å². The summed E-state index contributed by atoms with van der Waals surface area (Å²) in [5.74, 6) is 1.03. The molecular weight excluding hydrogens is 300 g/mol. The van der Waals surface area contributed by atoms with Crippen molar-refractivity contribution >= 4 is 26.5 Å². The zero-order valence-corrected chi connectivity index (χ0v) is 16.7. The van der Waals surface area contributed by atoms with E-state index in [1.54, 1.807) is 0 Å². The Bertz CT molecular complexity index is 590. The molecule has 0 N–H and O–H groups in total. The summed E-state index contributed by atoms with van der Waals surface area (Å²) < 4.78 is 6.11. The summed E-state index contributed by atoms with van der Waals surface area (Å²) >= 11 is 0. The predicted molar refractivity (Wildman–Crippen MR) is 103 cm³/mol. The third kappa shape index (κ3) is 4.58. The van der Waals surface area contributed by atoms with Crippen LogP contribution in [0.5, 0.6) is 5.75 Å². The predicted octanol–water partition coefficient (Wildman–Crippen LogP) is 4.36. The molecule has 0 bridgehead atoms. The van der Waals surface area contributed by atoms with Crippen LogP contribution in [0.4, 0.5) is 0 Å². The van der Waals surface area contributed by atoms with Crippen LogP contribution in [0.15, 0.2) is 48.5 Å². The lowest BCUT2D eigenvalue weighted by Gasteiger charge is -2.24. The van der Waals surface area contributed by atoms with Crippen molar-refractivity contribution < 1.29 is 4.74 Å². The summed E-state index contributed by atoms with van der Waals surface area (Å²) in [7, 11) is -2.68. The van der Waals surface area contributed by atoms with Gasteiger partial charge in [0.15, 0.2) is 0 Å². The van der Waals surface area contributed by atoms with E-state index in [0.717, 1.165) is 5.75 Å². The van der Waals surface area contributed by atoms with E-state index >= 15 is 0 Å². The van der Waals surface area contributed by atoms with Gasteiger partial charge in [0.25, 0.3) is 0 Å². The molecule has 0 fully saturated rings. The highest BCUT2D eigenvalue weighted by Crippen LogP contribution is 2.15. The van der Waals surface area contributed by atoms with E-state index in [-0.39, 0.29) is 0 Å². The van der Waals surface area contributed by atoms with Gasteiger partial charge in [0.1, 0.15) is 12.4 Å². The summed E-state index contributed by atoms with van der Waals surface area (Å²) in [6, 6.07) is 17.4. The lowest BCUT2D eigenvalue weighted by Crippen LogP contribution is -2.45. The van der Waals surface area contributed by atoms with Crippen molar-refractivity contribution in [1.82, 2.24) is 0 Å². The number of hydrogen-bond acceptors (Lipinski definition) is 1. The molecule has 0 aliphatic carbocycles. The molecule has 0 atom stereocenters. The summed E-state index contributed by atoms with van der Waals surface area (Å²) in [6.07, 6.45) is 0. The summed E-state index contributed by atoms with van der Waals surface area (Å²) in [4.78, 5) is 0. The Morgan fingerprint density at radius 3 is 1.68 bits per heavy atom. The van der Waals surface area contributed by atoms with Gasteiger partial charge in [0.2, 0.25) is 0 Å². The second kappa shape index (κ2) is 6.43. The highest BCUT2D eigenvalue weighted by Gasteiger charge is 2.23. The Morgan fingerprint density at radius 2 is 1.23 bits per heavy atom. The van der Waals surface area contributed by atoms with Gasteiger partial charge in [-0.3, -0.25) is 0 Å². The van der Waals surface area contributed by atoms with Crippen molar-refractivity contribution in [2.24, 2.45) is 0 Å². The van der Waals surface area contributed by atoms with Crippen LogP contribution in [-0.2, 0) is 6.61 Å². The smallest absolute Gasteiger partial charge is 0.119 e. The van der Waals surface area contributed by atoms with Gasteiger partial charge in [-0.05, 0) is 17.7 Å². The molecule has 22 heavy (non-hydrogen) atoms. The maximum absolute atomic E-state index is 6.11. The van der Waals surface area contributed by atoms with Crippen LogP contribution >= 0.6 is 0 Å². The van der Waals surface area contributed by atoms with Crippen molar-refractivity contribution in [2.75, 3.05) is 0 Å². The van der Waals surface area contributed by atoms with Gasteiger partial charge in [-0.1, -0.05) is 86.1 Å². The van der Waals surface area contributed by atoms with E-state index < -0.39 is 16.1 Å². The van der Waals surface area contributed by atoms with Gasteiger partial charge in [-0.2, -0.15) is 0 Å². The van der Waals surface area contributed by atoms with Crippen molar-refractivity contribution in [3.8, 4) is 5.75 Å². The van der Waals surface area contributed by atoms with E-state index in [1.165, 1.54) is 15.9 Å². The van der Waals surface area contributed by atoms with Crippen LogP contribution in [-0.4, -0.2) is 16.1 Å². The van der Waals surface area contributed by atoms with Gasteiger partial charge in [0.05, 0.1) is 16.1 Å². The van der Waals surface area contributed by atoms with Crippen LogP contribution in [0, 0.1) is 0 Å². The Kier molecular flexibility index (Phi) is 4.98. The Labute approximate surface area is 137 Å². The topological polar surface area (TPSA) is 9.23 Å². The zero-order chi connectivity index (χ0) is 16.4. The fourth-order valence-electron chi connectivity index (χ4n) is 2.29. The van der Waals surface area contributed by atoms with Gasteiger partial charge >= 0.3 is 0 Å². The highest BCUT2D eigenvalue weighted by molar-refractivity contribution is 6.91. The third-order valence-electron chi connectivity index (χ3n) is 3.89. The minimum absolute atomic E-state index is 0.640. The van der Waals surface area contributed by atoms with E-state index in [1.807, 2.05) is 6.07 Å². The van der Waals surface area contributed by atoms with Gasteiger partial charge in [-0.25, -0.2) is 0 Å². The molecule has 1 nitrogen and oxygen atoms in total. The molecule has 0 spiro atoms. The van der Waals surface area contributed by atoms with Crippen molar-refractivity contribution in [3.05, 3.63) is 54.1 Å². The first-order chi connectivity index (χ1) is 10.2. The molecule has 2 aromatic carbocycles. The SMILES string of the molecule is C[Si](C)(C)c1cc(OCc2ccccc2)cc([Si](C)(C)C)c1. The second-order valence-electron chi connectivity index (χ2n) is 8.02. The maximum Gasteiger partial charge on any atom is 0.119 e. The second-order valence-corrected chi connectivity index (χ2v) is 18.2. The number of benzene rings is 2. The minimum atomic E-state index is -1.34. The van der Waals surface area contributed by atoms with E-state index in [9.17, 15) is 0 Å². The van der Waals surface area contributed by atoms with Crippen LogP contribution in [0.2, 0.25) is 39.3 Å². The first-order valence-corrected chi connectivity index (χ1v) is 15.0. The molecule has 3 heteroatoms. The third-order valence-corrected chi connectivity index (χ3v) is 7.93. The molecule has 0 aliphatic rings. The van der Waals surface area contributed by atoms with Gasteiger partial charge in [-0.15, -0.1) is 0 Å². The van der Waals surface area contributed by atoms with Crippen LogP contribution in [0.25, 0.3) is 0 Å². The van der Waals surface area contributed by atoms with Crippen LogP contribution in [0.3, 0.4) is 0 Å². The highest BCUT2D eigenvalue weighted by atomic mass is 28.3. The lowest BCUT2D eigenvalue weighted by molar-refractivity contribution is 0.306. The molecule has 0 radical (unpaired) electrons. The quantitative estimate of drug-likeness (QED) is 0.741. The molecule has 0 aromatic heterocycles. The Morgan fingerprint density at radius 1 is 0.727 bits per heavy atom. The molecule has 2 aromatic rings. The molecular formula is C19H28OSi2. The standard InChI is InChI=1S/C19H28OSi2/c1-21(2,3)18-12-17(13-19(14-18)22(4,5)6)20-15-16-10-8-7-9-11-16/h7-14H,15H2,1-6H3. The van der Waals surface area contributed by atoms with Gasteiger partial charge < -0.3 is 4.74 Å². The normalized spacial score (nSPS) is 12.3. The number of rotatable bonds is 5. The molecule has 0 saturated heterocycles. The summed E-state index contributed by atoms with van der Waals surface area (Å²) in [6.45, 7) is 15.0. The van der Waals surface area contributed by atoms with Crippen molar-refractivity contribution in [3.63, 3.8) is 0 Å². The average Bonchev–Trinajstić information content (AvgIpc) is 2.44. The zero-order valence-electron chi connectivity index (χ0n) is 14.7.